The van der Waals surface area contributed by atoms with E-state index in [1.165, 1.54) is 16.0 Å². The van der Waals surface area contributed by atoms with Crippen LogP contribution in [0.3, 0.4) is 0 Å². The van der Waals surface area contributed by atoms with Crippen LogP contribution < -0.4 is 5.32 Å². The van der Waals surface area contributed by atoms with Gasteiger partial charge >= 0.3 is 0 Å². The monoisotopic (exact) mass is 288 g/mol. The van der Waals surface area contributed by atoms with Crippen LogP contribution in [0.2, 0.25) is 0 Å². The smallest absolute Gasteiger partial charge is 0.0801 e. The molecule has 0 saturated carbocycles. The molecule has 0 spiro atoms. The maximum absolute atomic E-state index is 5.38. The van der Waals surface area contributed by atoms with Gasteiger partial charge in [-0.15, -0.1) is 11.3 Å². The van der Waals surface area contributed by atoms with Crippen molar-refractivity contribution in [2.24, 2.45) is 0 Å². The van der Waals surface area contributed by atoms with Crippen LogP contribution in [0, 0.1) is 6.92 Å². The average molecular weight is 288 g/mol. The summed E-state index contributed by atoms with van der Waals surface area (Å²) in [5.41, 5.74) is 5.62. The highest BCUT2D eigenvalue weighted by Crippen LogP contribution is 2.27. The zero-order chi connectivity index (χ0) is 13.8. The molecule has 106 valence electrons. The first kappa shape index (κ1) is 13.7. The van der Waals surface area contributed by atoms with Crippen LogP contribution in [0.4, 0.5) is 0 Å². The number of rotatable bonds is 4. The van der Waals surface area contributed by atoms with E-state index >= 15 is 0 Å². The summed E-state index contributed by atoms with van der Waals surface area (Å²) in [5.74, 6) is 0. The summed E-state index contributed by atoms with van der Waals surface area (Å²) >= 11 is 1.70. The van der Waals surface area contributed by atoms with E-state index in [9.17, 15) is 0 Å². The third-order valence-electron chi connectivity index (χ3n) is 3.78. The fourth-order valence-electron chi connectivity index (χ4n) is 2.52. The Morgan fingerprint density at radius 3 is 2.65 bits per heavy atom. The van der Waals surface area contributed by atoms with E-state index in [4.69, 9.17) is 4.74 Å². The van der Waals surface area contributed by atoms with Crippen molar-refractivity contribution in [3.8, 4) is 10.4 Å². The quantitative estimate of drug-likeness (QED) is 0.936. The van der Waals surface area contributed by atoms with E-state index in [1.54, 1.807) is 11.3 Å². The molecule has 0 unspecified atom stereocenters. The first-order valence-electron chi connectivity index (χ1n) is 7.13. The lowest BCUT2D eigenvalue weighted by atomic mass is 10.1. The van der Waals surface area contributed by atoms with E-state index in [0.29, 0.717) is 6.04 Å². The van der Waals surface area contributed by atoms with Gasteiger partial charge in [0.1, 0.15) is 0 Å². The molecule has 1 saturated heterocycles. The maximum atomic E-state index is 5.38. The molecular formula is C16H20N2OS. The number of benzene rings is 1. The molecule has 0 amide bonds. The van der Waals surface area contributed by atoms with E-state index in [1.807, 2.05) is 5.51 Å². The van der Waals surface area contributed by atoms with Gasteiger partial charge in [0.2, 0.25) is 0 Å². The zero-order valence-electron chi connectivity index (χ0n) is 11.8. The molecule has 0 bridgehead atoms. The Morgan fingerprint density at radius 2 is 2.00 bits per heavy atom. The number of hydrogen-bond acceptors (Lipinski definition) is 4. The van der Waals surface area contributed by atoms with Crippen LogP contribution in [0.25, 0.3) is 10.4 Å². The second-order valence-corrected chi connectivity index (χ2v) is 6.09. The highest BCUT2D eigenvalue weighted by atomic mass is 32.1. The average Bonchev–Trinajstić information content (AvgIpc) is 2.93. The van der Waals surface area contributed by atoms with Crippen molar-refractivity contribution in [2.75, 3.05) is 13.2 Å². The van der Waals surface area contributed by atoms with E-state index in [-0.39, 0.29) is 0 Å². The Labute approximate surface area is 124 Å². The molecule has 0 atom stereocenters. The molecule has 0 aliphatic carbocycles. The van der Waals surface area contributed by atoms with Gasteiger partial charge in [-0.05, 0) is 30.9 Å². The number of nitrogens with one attached hydrogen (secondary N) is 1. The van der Waals surface area contributed by atoms with E-state index in [2.05, 4.69) is 41.5 Å². The molecule has 1 fully saturated rings. The minimum Gasteiger partial charge on any atom is -0.381 e. The topological polar surface area (TPSA) is 34.2 Å². The van der Waals surface area contributed by atoms with Crippen LogP contribution in [-0.2, 0) is 11.3 Å². The van der Waals surface area contributed by atoms with Crippen molar-refractivity contribution in [1.29, 1.82) is 0 Å². The Kier molecular flexibility index (Phi) is 4.45. The fourth-order valence-corrected chi connectivity index (χ4v) is 3.33. The summed E-state index contributed by atoms with van der Waals surface area (Å²) in [7, 11) is 0. The van der Waals surface area contributed by atoms with Crippen molar-refractivity contribution in [3.63, 3.8) is 0 Å². The largest absolute Gasteiger partial charge is 0.381 e. The molecule has 20 heavy (non-hydrogen) atoms. The molecule has 2 aromatic rings. The summed E-state index contributed by atoms with van der Waals surface area (Å²) in [6.45, 7) is 4.78. The molecule has 0 radical (unpaired) electrons. The third-order valence-corrected chi connectivity index (χ3v) is 4.76. The van der Waals surface area contributed by atoms with Crippen molar-refractivity contribution >= 4 is 11.3 Å². The number of thiazole rings is 1. The van der Waals surface area contributed by atoms with Crippen LogP contribution >= 0.6 is 11.3 Å². The van der Waals surface area contributed by atoms with E-state index < -0.39 is 0 Å². The van der Waals surface area contributed by atoms with E-state index in [0.717, 1.165) is 38.3 Å². The van der Waals surface area contributed by atoms with Crippen molar-refractivity contribution in [3.05, 3.63) is 41.0 Å². The second-order valence-electron chi connectivity index (χ2n) is 5.23. The number of ether oxygens (including phenoxy) is 1. The van der Waals surface area contributed by atoms with Gasteiger partial charge in [0.25, 0.3) is 0 Å². The number of hydrogen-bond donors (Lipinski definition) is 1. The molecule has 1 aromatic heterocycles. The van der Waals surface area contributed by atoms with Gasteiger partial charge in [0, 0.05) is 25.8 Å². The molecule has 3 rings (SSSR count). The summed E-state index contributed by atoms with van der Waals surface area (Å²) in [4.78, 5) is 5.58. The molecule has 1 aromatic carbocycles. The van der Waals surface area contributed by atoms with Crippen molar-refractivity contribution in [1.82, 2.24) is 10.3 Å². The Bertz CT molecular complexity index is 544. The Balaban J connectivity index is 1.60. The molecule has 2 heterocycles. The number of aromatic nitrogens is 1. The standard InChI is InChI=1S/C16H20N2OS/c1-12-16(20-11-18-12)14-4-2-13(3-5-14)10-17-15-6-8-19-9-7-15/h2-5,11,15,17H,6-10H2,1H3. The summed E-state index contributed by atoms with van der Waals surface area (Å²) < 4.78 is 5.38. The predicted molar refractivity (Wildman–Crippen MR) is 83.0 cm³/mol. The number of nitrogens with zero attached hydrogens (tertiary/aromatic N) is 1. The lowest BCUT2D eigenvalue weighted by Gasteiger charge is -2.23. The number of aryl methyl sites for hydroxylation is 1. The molecule has 1 aliphatic rings. The Morgan fingerprint density at radius 1 is 1.25 bits per heavy atom. The molecule has 1 aliphatic heterocycles. The lowest BCUT2D eigenvalue weighted by Crippen LogP contribution is -2.34. The highest BCUT2D eigenvalue weighted by molar-refractivity contribution is 7.13. The maximum Gasteiger partial charge on any atom is 0.0801 e. The predicted octanol–water partition coefficient (Wildman–Crippen LogP) is 3.39. The molecule has 4 heteroatoms. The van der Waals surface area contributed by atoms with Crippen LogP contribution in [0.15, 0.2) is 29.8 Å². The fraction of sp³-hybridized carbons (Fsp3) is 0.438. The van der Waals surface area contributed by atoms with Gasteiger partial charge in [0.05, 0.1) is 16.1 Å². The van der Waals surface area contributed by atoms with Gasteiger partial charge in [0.15, 0.2) is 0 Å². The SMILES string of the molecule is Cc1ncsc1-c1ccc(CNC2CCOCC2)cc1. The second kappa shape index (κ2) is 6.48. The zero-order valence-corrected chi connectivity index (χ0v) is 12.6. The Hall–Kier alpha value is -1.23. The first-order chi connectivity index (χ1) is 9.83. The lowest BCUT2D eigenvalue weighted by molar-refractivity contribution is 0.0776. The van der Waals surface area contributed by atoms with Crippen molar-refractivity contribution in [2.45, 2.75) is 32.4 Å². The van der Waals surface area contributed by atoms with Gasteiger partial charge in [-0.3, -0.25) is 0 Å². The summed E-state index contributed by atoms with van der Waals surface area (Å²) in [6.07, 6.45) is 2.25. The van der Waals surface area contributed by atoms with Gasteiger partial charge < -0.3 is 10.1 Å². The minimum absolute atomic E-state index is 0.604. The van der Waals surface area contributed by atoms with Crippen LogP contribution in [0.5, 0.6) is 0 Å². The van der Waals surface area contributed by atoms with Gasteiger partial charge in [-0.1, -0.05) is 24.3 Å². The molecule has 1 N–H and O–H groups in total. The summed E-state index contributed by atoms with van der Waals surface area (Å²) in [6, 6.07) is 9.41. The summed E-state index contributed by atoms with van der Waals surface area (Å²) in [5, 5.41) is 3.61. The van der Waals surface area contributed by atoms with Crippen molar-refractivity contribution < 1.29 is 4.74 Å². The van der Waals surface area contributed by atoms with Gasteiger partial charge in [-0.2, -0.15) is 0 Å². The minimum atomic E-state index is 0.604. The molecule has 3 nitrogen and oxygen atoms in total. The van der Waals surface area contributed by atoms with Crippen LogP contribution in [-0.4, -0.2) is 24.2 Å². The van der Waals surface area contributed by atoms with Gasteiger partial charge in [-0.25, -0.2) is 4.98 Å². The highest BCUT2D eigenvalue weighted by Gasteiger charge is 2.12. The normalized spacial score (nSPS) is 16.4. The third kappa shape index (κ3) is 3.26. The first-order valence-corrected chi connectivity index (χ1v) is 8.01. The van der Waals surface area contributed by atoms with Crippen LogP contribution in [0.1, 0.15) is 24.1 Å². The molecular weight excluding hydrogens is 268 g/mol.